The van der Waals surface area contributed by atoms with E-state index in [4.69, 9.17) is 9.47 Å². The van der Waals surface area contributed by atoms with Crippen LogP contribution in [0.25, 0.3) is 0 Å². The van der Waals surface area contributed by atoms with Crippen molar-refractivity contribution >= 4 is 34.8 Å². The van der Waals surface area contributed by atoms with E-state index in [2.05, 4.69) is 18.8 Å². The smallest absolute Gasteiger partial charge is 0.350 e. The third-order valence-corrected chi connectivity index (χ3v) is 8.24. The Morgan fingerprint density at radius 1 is 1.19 bits per heavy atom. The number of allylic oxidation sites excluding steroid dienone is 2. The Morgan fingerprint density at radius 3 is 2.47 bits per heavy atom. The summed E-state index contributed by atoms with van der Waals surface area (Å²) in [5.41, 5.74) is 1.30. The highest BCUT2D eigenvalue weighted by atomic mass is 32.1. The van der Waals surface area contributed by atoms with Crippen LogP contribution in [0.5, 0.6) is 0 Å². The second-order valence-electron chi connectivity index (χ2n) is 10.4. The fourth-order valence-corrected chi connectivity index (χ4v) is 5.62. The molecule has 1 saturated heterocycles. The van der Waals surface area contributed by atoms with Crippen LogP contribution in [-0.2, 0) is 19.1 Å². The number of hydrogen-bond donors (Lipinski definition) is 0. The van der Waals surface area contributed by atoms with Crippen molar-refractivity contribution in [1.82, 2.24) is 4.90 Å². The molecule has 36 heavy (non-hydrogen) atoms. The van der Waals surface area contributed by atoms with Gasteiger partial charge in [-0.05, 0) is 57.1 Å². The van der Waals surface area contributed by atoms with Crippen molar-refractivity contribution < 1.29 is 23.9 Å². The average molecular weight is 512 g/mol. The second-order valence-corrected chi connectivity index (χ2v) is 11.4. The van der Waals surface area contributed by atoms with Crippen LogP contribution in [-0.4, -0.2) is 62.6 Å². The van der Waals surface area contributed by atoms with Gasteiger partial charge in [0.2, 0.25) is 11.8 Å². The molecule has 193 valence electrons. The number of carbonyl (C=O) groups excluding carboxylic acids is 3. The summed E-state index contributed by atoms with van der Waals surface area (Å²) >= 11 is 1.20. The summed E-state index contributed by atoms with van der Waals surface area (Å²) in [7, 11) is 1.32. The minimum Gasteiger partial charge on any atom is -0.465 e. The number of hydrogen-bond acceptors (Lipinski definition) is 6. The molecule has 1 aromatic rings. The maximum Gasteiger partial charge on any atom is 0.350 e. The van der Waals surface area contributed by atoms with Gasteiger partial charge >= 0.3 is 5.97 Å². The number of carbonyl (C=O) groups is 3. The van der Waals surface area contributed by atoms with E-state index in [1.54, 1.807) is 11.0 Å². The molecule has 0 atom stereocenters. The summed E-state index contributed by atoms with van der Waals surface area (Å²) < 4.78 is 10.4. The van der Waals surface area contributed by atoms with Gasteiger partial charge in [0.1, 0.15) is 11.4 Å². The van der Waals surface area contributed by atoms with Crippen molar-refractivity contribution in [2.24, 2.45) is 17.3 Å². The molecule has 4 rings (SSSR count). The predicted molar refractivity (Wildman–Crippen MR) is 140 cm³/mol. The van der Waals surface area contributed by atoms with Gasteiger partial charge in [0, 0.05) is 30.8 Å². The minimum absolute atomic E-state index is 0.107. The molecule has 1 saturated carbocycles. The topological polar surface area (TPSA) is 76.2 Å². The van der Waals surface area contributed by atoms with E-state index in [-0.39, 0.29) is 29.7 Å². The lowest BCUT2D eigenvalue weighted by Gasteiger charge is -2.33. The van der Waals surface area contributed by atoms with Gasteiger partial charge in [-0.1, -0.05) is 24.8 Å². The number of morpholine rings is 1. The Bertz CT molecular complexity index is 1090. The molecule has 8 heteroatoms. The third-order valence-electron chi connectivity index (χ3n) is 7.22. The van der Waals surface area contributed by atoms with Gasteiger partial charge in [-0.15, -0.1) is 11.3 Å². The van der Waals surface area contributed by atoms with Gasteiger partial charge in [-0.25, -0.2) is 4.79 Å². The van der Waals surface area contributed by atoms with Gasteiger partial charge in [0.25, 0.3) is 0 Å². The first kappa shape index (κ1) is 26.4. The Morgan fingerprint density at radius 2 is 1.86 bits per heavy atom. The number of thiophene rings is 1. The lowest BCUT2D eigenvalue weighted by atomic mass is 9.82. The number of methoxy groups -OCH3 is 1. The number of nitrogens with zero attached hydrogens (tertiary/aromatic N) is 2. The zero-order valence-electron chi connectivity index (χ0n) is 21.6. The Hall–Kier alpha value is -2.63. The van der Waals surface area contributed by atoms with Gasteiger partial charge in [0.15, 0.2) is 0 Å². The van der Waals surface area contributed by atoms with Crippen LogP contribution in [0.2, 0.25) is 0 Å². The van der Waals surface area contributed by atoms with Crippen molar-refractivity contribution in [3.63, 3.8) is 0 Å². The molecule has 3 aliphatic rings. The summed E-state index contributed by atoms with van der Waals surface area (Å²) in [6, 6.07) is 1.76. The predicted octanol–water partition coefficient (Wildman–Crippen LogP) is 4.07. The molecular formula is C28H35N2O5S. The summed E-state index contributed by atoms with van der Waals surface area (Å²) in [5, 5.41) is 0. The molecule has 2 amide bonds. The zero-order valence-corrected chi connectivity index (χ0v) is 22.4. The molecule has 0 aromatic carbocycles. The lowest BCUT2D eigenvalue weighted by molar-refractivity contribution is -0.135. The molecule has 2 fully saturated rings. The van der Waals surface area contributed by atoms with E-state index < -0.39 is 5.97 Å². The van der Waals surface area contributed by atoms with Crippen LogP contribution in [0.15, 0.2) is 17.7 Å². The van der Waals surface area contributed by atoms with Crippen LogP contribution >= 0.6 is 11.3 Å². The summed E-state index contributed by atoms with van der Waals surface area (Å²) in [4.78, 5) is 44.1. The summed E-state index contributed by atoms with van der Waals surface area (Å²) in [5.74, 6) is 6.10. The molecule has 2 heterocycles. The first-order valence-corrected chi connectivity index (χ1v) is 13.5. The van der Waals surface area contributed by atoms with E-state index in [1.165, 1.54) is 28.9 Å². The van der Waals surface area contributed by atoms with Crippen molar-refractivity contribution in [1.29, 1.82) is 0 Å². The van der Waals surface area contributed by atoms with Crippen LogP contribution in [0.3, 0.4) is 0 Å². The molecule has 0 unspecified atom stereocenters. The second kappa shape index (κ2) is 11.2. The van der Waals surface area contributed by atoms with Crippen LogP contribution in [0, 0.1) is 35.5 Å². The molecule has 7 nitrogen and oxygen atoms in total. The molecule has 1 aliphatic heterocycles. The van der Waals surface area contributed by atoms with E-state index in [1.807, 2.05) is 26.3 Å². The van der Waals surface area contributed by atoms with Gasteiger partial charge in [-0.3, -0.25) is 9.59 Å². The third kappa shape index (κ3) is 6.19. The molecular weight excluding hydrogens is 476 g/mol. The highest BCUT2D eigenvalue weighted by Crippen LogP contribution is 2.38. The van der Waals surface area contributed by atoms with Crippen LogP contribution in [0.1, 0.15) is 61.0 Å². The van der Waals surface area contributed by atoms with Crippen molar-refractivity contribution in [3.05, 3.63) is 33.9 Å². The van der Waals surface area contributed by atoms with Crippen LogP contribution < -0.4 is 4.90 Å². The molecule has 1 radical (unpaired) electrons. The Balaban J connectivity index is 1.68. The highest BCUT2D eigenvalue weighted by molar-refractivity contribution is 7.15. The van der Waals surface area contributed by atoms with Gasteiger partial charge < -0.3 is 19.3 Å². The van der Waals surface area contributed by atoms with Crippen molar-refractivity contribution in [2.45, 2.75) is 46.5 Å². The Kier molecular flexibility index (Phi) is 8.21. The monoisotopic (exact) mass is 511 g/mol. The highest BCUT2D eigenvalue weighted by Gasteiger charge is 2.34. The number of amides is 2. The normalized spacial score (nSPS) is 21.7. The summed E-state index contributed by atoms with van der Waals surface area (Å²) in [6.45, 7) is 8.13. The fourth-order valence-electron chi connectivity index (χ4n) is 4.69. The zero-order chi connectivity index (χ0) is 25.9. The summed E-state index contributed by atoms with van der Waals surface area (Å²) in [6.07, 6.45) is 7.61. The van der Waals surface area contributed by atoms with Crippen molar-refractivity contribution in [3.8, 4) is 11.8 Å². The SMILES string of the molecule is COC(=O)c1sc(C#CC(C)(C)C2=C[CH]2)cc1N(CC(=O)N1CCOCC1)C(=O)C1CCC(C)CC1. The number of ether oxygens (including phenoxy) is 2. The largest absolute Gasteiger partial charge is 0.465 e. The average Bonchev–Trinajstić information content (AvgIpc) is 3.67. The molecule has 0 N–H and O–H groups in total. The van der Waals surface area contributed by atoms with Gasteiger partial charge in [0.05, 0.1) is 30.9 Å². The van der Waals surface area contributed by atoms with Gasteiger partial charge in [-0.2, -0.15) is 0 Å². The maximum absolute atomic E-state index is 13.8. The maximum atomic E-state index is 13.8. The number of anilines is 1. The molecule has 0 spiro atoms. The first-order chi connectivity index (χ1) is 17.2. The lowest BCUT2D eigenvalue weighted by Crippen LogP contribution is -2.49. The molecule has 2 aliphatic carbocycles. The van der Waals surface area contributed by atoms with E-state index in [9.17, 15) is 14.4 Å². The van der Waals surface area contributed by atoms with Crippen LogP contribution in [0.4, 0.5) is 5.69 Å². The van der Waals surface area contributed by atoms with Crippen molar-refractivity contribution in [2.75, 3.05) is 44.9 Å². The Labute approximate surface area is 217 Å². The number of esters is 1. The van der Waals surface area contributed by atoms with E-state index >= 15 is 0 Å². The number of rotatable bonds is 6. The standard InChI is InChI=1S/C28H35N2O5S/c1-19-5-7-20(8-6-19)26(32)30(18-24(31)29-13-15-35-16-14-29)23-17-22(36-25(23)27(33)34-4)11-12-28(2,3)21-9-10-21/h9-10,17,19-20H,5-8,13-16,18H2,1-4H3. The fraction of sp³-hybridized carbons (Fsp3) is 0.571. The minimum atomic E-state index is -0.533. The molecule has 0 bridgehead atoms. The molecule has 1 aromatic heterocycles. The van der Waals surface area contributed by atoms with E-state index in [0.717, 1.165) is 25.7 Å². The first-order valence-electron chi connectivity index (χ1n) is 12.7. The quantitative estimate of drug-likeness (QED) is 0.425. The van der Waals surface area contributed by atoms with E-state index in [0.29, 0.717) is 47.7 Å².